The number of hydrogen-bond donors (Lipinski definition) is 1. The van der Waals surface area contributed by atoms with E-state index in [1.54, 1.807) is 29.8 Å². The van der Waals surface area contributed by atoms with Crippen molar-refractivity contribution in [3.63, 3.8) is 0 Å². The van der Waals surface area contributed by atoms with Gasteiger partial charge in [0.15, 0.2) is 0 Å². The quantitative estimate of drug-likeness (QED) is 0.930. The Kier molecular flexibility index (Phi) is 3.81. The number of thiazole rings is 1. The van der Waals surface area contributed by atoms with Crippen LogP contribution in [-0.2, 0) is 4.79 Å². The van der Waals surface area contributed by atoms with E-state index in [0.717, 1.165) is 3.79 Å². The van der Waals surface area contributed by atoms with Crippen molar-refractivity contribution < 1.29 is 9.90 Å². The number of aliphatic carboxylic acids is 1. The molecule has 0 fully saturated rings. The van der Waals surface area contributed by atoms with E-state index in [-0.39, 0.29) is 0 Å². The highest BCUT2D eigenvalue weighted by Gasteiger charge is 2.26. The van der Waals surface area contributed by atoms with Gasteiger partial charge in [0, 0.05) is 5.02 Å². The van der Waals surface area contributed by atoms with Gasteiger partial charge >= 0.3 is 5.97 Å². The number of carboxylic acid groups (broad SMARTS) is 1. The molecule has 1 unspecified atom stereocenters. The second kappa shape index (κ2) is 5.16. The van der Waals surface area contributed by atoms with Crippen molar-refractivity contribution in [2.45, 2.75) is 5.92 Å². The summed E-state index contributed by atoms with van der Waals surface area (Å²) in [6.45, 7) is 0. The van der Waals surface area contributed by atoms with Crippen LogP contribution >= 0.6 is 38.9 Å². The number of carboxylic acids is 1. The van der Waals surface area contributed by atoms with E-state index in [9.17, 15) is 9.90 Å². The lowest BCUT2D eigenvalue weighted by atomic mass is 9.97. The second-order valence-electron chi connectivity index (χ2n) is 3.33. The third kappa shape index (κ3) is 2.68. The number of hydrogen-bond acceptors (Lipinski definition) is 3. The Hall–Kier alpha value is -0.910. The summed E-state index contributed by atoms with van der Waals surface area (Å²) in [5, 5.41) is 9.88. The predicted octanol–water partition coefficient (Wildman–Crippen LogP) is 3.78. The zero-order chi connectivity index (χ0) is 12.4. The molecule has 0 spiro atoms. The molecular weight excluding hydrogens is 326 g/mol. The molecule has 1 heterocycles. The van der Waals surface area contributed by atoms with E-state index in [0.29, 0.717) is 16.3 Å². The molecule has 0 aliphatic heterocycles. The van der Waals surface area contributed by atoms with E-state index in [2.05, 4.69) is 20.9 Å². The lowest BCUT2D eigenvalue weighted by molar-refractivity contribution is -0.137. The minimum Gasteiger partial charge on any atom is -0.480 e. The monoisotopic (exact) mass is 331 g/mol. The first kappa shape index (κ1) is 12.5. The van der Waals surface area contributed by atoms with E-state index in [1.165, 1.54) is 11.3 Å². The average molecular weight is 333 g/mol. The highest BCUT2D eigenvalue weighted by atomic mass is 79.9. The smallest absolute Gasteiger partial charge is 0.317 e. The Morgan fingerprint density at radius 3 is 2.53 bits per heavy atom. The van der Waals surface area contributed by atoms with Crippen LogP contribution < -0.4 is 0 Å². The minimum atomic E-state index is -0.932. The van der Waals surface area contributed by atoms with Gasteiger partial charge in [0.1, 0.15) is 5.92 Å². The highest BCUT2D eigenvalue weighted by Crippen LogP contribution is 2.32. The maximum Gasteiger partial charge on any atom is 0.317 e. The topological polar surface area (TPSA) is 50.2 Å². The van der Waals surface area contributed by atoms with Gasteiger partial charge < -0.3 is 5.11 Å². The molecule has 0 bridgehead atoms. The van der Waals surface area contributed by atoms with Crippen LogP contribution in [0.15, 0.2) is 33.6 Å². The van der Waals surface area contributed by atoms with Crippen LogP contribution in [0.25, 0.3) is 0 Å². The lowest BCUT2D eigenvalue weighted by Crippen LogP contribution is -2.13. The molecular formula is C11H7BrClNO2S. The Morgan fingerprint density at radius 2 is 2.06 bits per heavy atom. The van der Waals surface area contributed by atoms with Crippen LogP contribution in [0.1, 0.15) is 17.2 Å². The number of aromatic nitrogens is 1. The van der Waals surface area contributed by atoms with E-state index >= 15 is 0 Å². The molecule has 88 valence electrons. The molecule has 3 nitrogen and oxygen atoms in total. The summed E-state index contributed by atoms with van der Waals surface area (Å²) in [6, 6.07) is 6.75. The molecule has 1 aromatic heterocycles. The Bertz CT molecular complexity index is 541. The number of carbonyl (C=O) groups is 1. The zero-order valence-electron chi connectivity index (χ0n) is 8.43. The fraction of sp³-hybridized carbons (Fsp3) is 0.0909. The van der Waals surface area contributed by atoms with Gasteiger partial charge in [-0.05, 0) is 33.6 Å². The number of nitrogens with zero attached hydrogens (tertiary/aromatic N) is 1. The maximum absolute atomic E-state index is 11.3. The Labute approximate surface area is 115 Å². The van der Waals surface area contributed by atoms with Crippen LogP contribution in [-0.4, -0.2) is 16.1 Å². The summed E-state index contributed by atoms with van der Waals surface area (Å²) < 4.78 is 0.736. The van der Waals surface area contributed by atoms with E-state index < -0.39 is 11.9 Å². The average Bonchev–Trinajstić information content (AvgIpc) is 2.68. The fourth-order valence-corrected chi connectivity index (χ4v) is 2.76. The number of benzene rings is 1. The maximum atomic E-state index is 11.3. The predicted molar refractivity (Wildman–Crippen MR) is 70.7 cm³/mol. The van der Waals surface area contributed by atoms with Gasteiger partial charge in [0.2, 0.25) is 0 Å². The summed E-state index contributed by atoms with van der Waals surface area (Å²) >= 11 is 10.5. The fourth-order valence-electron chi connectivity index (χ4n) is 1.50. The molecule has 1 aromatic carbocycles. The van der Waals surface area contributed by atoms with Crippen molar-refractivity contribution in [1.29, 1.82) is 0 Å². The van der Waals surface area contributed by atoms with Crippen molar-refractivity contribution >= 4 is 44.8 Å². The summed E-state index contributed by atoms with van der Waals surface area (Å²) in [5.41, 5.74) is 2.80. The normalized spacial score (nSPS) is 12.4. The van der Waals surface area contributed by atoms with Gasteiger partial charge in [-0.15, -0.1) is 11.3 Å². The second-order valence-corrected chi connectivity index (χ2v) is 5.94. The van der Waals surface area contributed by atoms with Gasteiger partial charge in [0.25, 0.3) is 0 Å². The molecule has 2 rings (SSSR count). The third-order valence-corrected chi connectivity index (χ3v) is 4.12. The van der Waals surface area contributed by atoms with Crippen molar-refractivity contribution in [1.82, 2.24) is 4.98 Å². The van der Waals surface area contributed by atoms with Gasteiger partial charge in [0.05, 0.1) is 15.0 Å². The van der Waals surface area contributed by atoms with E-state index in [1.807, 2.05) is 0 Å². The molecule has 0 radical (unpaired) electrons. The van der Waals surface area contributed by atoms with Crippen LogP contribution in [0.3, 0.4) is 0 Å². The molecule has 1 N–H and O–H groups in total. The molecule has 2 aromatic rings. The minimum absolute atomic E-state index is 0.518. The Balaban J connectivity index is 2.47. The van der Waals surface area contributed by atoms with Crippen molar-refractivity contribution in [2.75, 3.05) is 0 Å². The summed E-state index contributed by atoms with van der Waals surface area (Å²) in [5.74, 6) is -1.70. The summed E-state index contributed by atoms with van der Waals surface area (Å²) in [4.78, 5) is 15.4. The SMILES string of the molecule is O=C(O)C(c1ccc(Cl)cc1)c1ncsc1Br. The summed E-state index contributed by atoms with van der Waals surface area (Å²) in [6.07, 6.45) is 0. The largest absolute Gasteiger partial charge is 0.480 e. The molecule has 0 aliphatic carbocycles. The molecule has 0 saturated carbocycles. The van der Waals surface area contributed by atoms with Crippen molar-refractivity contribution in [3.05, 3.63) is 49.8 Å². The van der Waals surface area contributed by atoms with Gasteiger partial charge in [-0.2, -0.15) is 0 Å². The standard InChI is InChI=1S/C11H7BrClNO2S/c12-10-9(14-5-17-10)8(11(15)16)6-1-3-7(13)4-2-6/h1-5,8H,(H,15,16). The molecule has 0 saturated heterocycles. The molecule has 17 heavy (non-hydrogen) atoms. The Morgan fingerprint density at radius 1 is 1.41 bits per heavy atom. The van der Waals surface area contributed by atoms with Crippen LogP contribution in [0.5, 0.6) is 0 Å². The molecule has 1 atom stereocenters. The number of halogens is 2. The highest BCUT2D eigenvalue weighted by molar-refractivity contribution is 9.11. The van der Waals surface area contributed by atoms with Crippen LogP contribution in [0.2, 0.25) is 5.02 Å². The molecule has 0 amide bonds. The first-order chi connectivity index (χ1) is 8.09. The third-order valence-electron chi connectivity index (χ3n) is 2.27. The van der Waals surface area contributed by atoms with Crippen molar-refractivity contribution in [2.24, 2.45) is 0 Å². The molecule has 0 aliphatic rings. The summed E-state index contributed by atoms with van der Waals surface area (Å²) in [7, 11) is 0. The number of rotatable bonds is 3. The van der Waals surface area contributed by atoms with Crippen LogP contribution in [0.4, 0.5) is 0 Å². The first-order valence-corrected chi connectivity index (χ1v) is 6.72. The van der Waals surface area contributed by atoms with Gasteiger partial charge in [-0.1, -0.05) is 23.7 Å². The first-order valence-electron chi connectivity index (χ1n) is 4.66. The van der Waals surface area contributed by atoms with E-state index in [4.69, 9.17) is 11.6 Å². The lowest BCUT2D eigenvalue weighted by Gasteiger charge is -2.11. The van der Waals surface area contributed by atoms with Crippen LogP contribution in [0, 0.1) is 0 Å². The zero-order valence-corrected chi connectivity index (χ0v) is 11.6. The molecule has 6 heteroatoms. The van der Waals surface area contributed by atoms with Gasteiger partial charge in [-0.25, -0.2) is 4.98 Å². The van der Waals surface area contributed by atoms with Crippen molar-refractivity contribution in [3.8, 4) is 0 Å². The van der Waals surface area contributed by atoms with Gasteiger partial charge in [-0.3, -0.25) is 4.79 Å².